The monoisotopic (exact) mass is 239 g/mol. The van der Waals surface area contributed by atoms with E-state index in [1.54, 1.807) is 6.92 Å². The molecule has 0 unspecified atom stereocenters. The molecule has 0 aromatic rings. The van der Waals surface area contributed by atoms with Crippen LogP contribution in [0.3, 0.4) is 0 Å². The van der Waals surface area contributed by atoms with E-state index in [0.29, 0.717) is 13.0 Å². The molecular formula is C10H22ClNO3. The van der Waals surface area contributed by atoms with E-state index in [4.69, 9.17) is 10.5 Å². The van der Waals surface area contributed by atoms with Gasteiger partial charge in [-0.1, -0.05) is 26.2 Å². The van der Waals surface area contributed by atoms with Crippen LogP contribution in [0.15, 0.2) is 0 Å². The van der Waals surface area contributed by atoms with Crippen LogP contribution in [-0.2, 0) is 9.53 Å². The summed E-state index contributed by atoms with van der Waals surface area (Å²) in [7, 11) is 0. The maximum atomic E-state index is 11.1. The normalized spacial score (nSPS) is 13.9. The minimum atomic E-state index is -0.896. The summed E-state index contributed by atoms with van der Waals surface area (Å²) in [5.74, 6) is -0.517. The van der Waals surface area contributed by atoms with E-state index in [1.807, 2.05) is 0 Å². The number of aliphatic hydroxyl groups excluding tert-OH is 1. The van der Waals surface area contributed by atoms with Crippen molar-refractivity contribution >= 4 is 18.4 Å². The summed E-state index contributed by atoms with van der Waals surface area (Å²) in [6.45, 7) is 4.10. The Morgan fingerprint density at radius 2 is 2.00 bits per heavy atom. The number of hydrogen-bond acceptors (Lipinski definition) is 4. The van der Waals surface area contributed by atoms with Crippen molar-refractivity contribution in [2.24, 2.45) is 5.73 Å². The number of unbranched alkanes of at least 4 members (excludes halogenated alkanes) is 2. The van der Waals surface area contributed by atoms with Gasteiger partial charge in [0.25, 0.3) is 0 Å². The fourth-order valence-electron chi connectivity index (χ4n) is 1.18. The van der Waals surface area contributed by atoms with Crippen molar-refractivity contribution in [3.05, 3.63) is 0 Å². The molecule has 4 nitrogen and oxygen atoms in total. The summed E-state index contributed by atoms with van der Waals surface area (Å²) in [6.07, 6.45) is 2.81. The molecule has 0 saturated carbocycles. The largest absolute Gasteiger partial charge is 0.465 e. The van der Waals surface area contributed by atoms with Crippen LogP contribution in [0.1, 0.15) is 39.5 Å². The summed E-state index contributed by atoms with van der Waals surface area (Å²) in [5, 5.41) is 9.52. The number of ether oxygens (including phenoxy) is 1. The average Bonchev–Trinajstić information content (AvgIpc) is 2.17. The Hall–Kier alpha value is -0.320. The van der Waals surface area contributed by atoms with E-state index < -0.39 is 18.1 Å². The second-order valence-corrected chi connectivity index (χ2v) is 3.34. The molecule has 0 aromatic carbocycles. The van der Waals surface area contributed by atoms with Gasteiger partial charge in [0.05, 0.1) is 12.7 Å². The molecule has 92 valence electrons. The van der Waals surface area contributed by atoms with Gasteiger partial charge >= 0.3 is 5.97 Å². The highest BCUT2D eigenvalue weighted by Crippen LogP contribution is 2.06. The fraction of sp³-hybridized carbons (Fsp3) is 0.900. The lowest BCUT2D eigenvalue weighted by atomic mass is 10.0. The number of halogens is 1. The summed E-state index contributed by atoms with van der Waals surface area (Å²) in [6, 6.07) is -0.896. The lowest BCUT2D eigenvalue weighted by molar-refractivity contribution is -0.147. The predicted octanol–water partition coefficient (Wildman–Crippen LogP) is 1.24. The van der Waals surface area contributed by atoms with Gasteiger partial charge in [-0.3, -0.25) is 4.79 Å². The Kier molecular flexibility index (Phi) is 11.6. The number of rotatable bonds is 7. The van der Waals surface area contributed by atoms with Gasteiger partial charge in [-0.15, -0.1) is 12.4 Å². The molecule has 0 radical (unpaired) electrons. The quantitative estimate of drug-likeness (QED) is 0.518. The lowest BCUT2D eigenvalue weighted by Gasteiger charge is -2.16. The molecule has 0 aliphatic rings. The van der Waals surface area contributed by atoms with Gasteiger partial charge in [0, 0.05) is 0 Å². The Balaban J connectivity index is 0. The first-order chi connectivity index (χ1) is 6.63. The van der Waals surface area contributed by atoms with Crippen molar-refractivity contribution in [2.45, 2.75) is 51.7 Å². The van der Waals surface area contributed by atoms with Crippen molar-refractivity contribution < 1.29 is 14.6 Å². The molecule has 0 saturated heterocycles. The van der Waals surface area contributed by atoms with Crippen LogP contribution in [-0.4, -0.2) is 29.8 Å². The van der Waals surface area contributed by atoms with Gasteiger partial charge in [0.1, 0.15) is 6.04 Å². The first-order valence-electron chi connectivity index (χ1n) is 5.23. The number of hydrogen-bond donors (Lipinski definition) is 2. The van der Waals surface area contributed by atoms with Crippen molar-refractivity contribution in [1.82, 2.24) is 0 Å². The average molecular weight is 240 g/mol. The van der Waals surface area contributed by atoms with Gasteiger partial charge in [-0.25, -0.2) is 0 Å². The second kappa shape index (κ2) is 10.2. The van der Waals surface area contributed by atoms with Gasteiger partial charge in [-0.2, -0.15) is 0 Å². The standard InChI is InChI=1S/C10H21NO3.ClH/c1-3-5-6-7-8(12)9(11)10(13)14-4-2;/h8-9,12H,3-7,11H2,1-2H3;1H/t8-,9-;/m0./s1. The van der Waals surface area contributed by atoms with Crippen LogP contribution in [0.25, 0.3) is 0 Å². The van der Waals surface area contributed by atoms with E-state index in [0.717, 1.165) is 19.3 Å². The second-order valence-electron chi connectivity index (χ2n) is 3.34. The van der Waals surface area contributed by atoms with Crippen molar-refractivity contribution in [2.75, 3.05) is 6.61 Å². The van der Waals surface area contributed by atoms with Crippen LogP contribution < -0.4 is 5.73 Å². The zero-order valence-electron chi connectivity index (χ0n) is 9.44. The molecule has 0 fully saturated rings. The summed E-state index contributed by atoms with van der Waals surface area (Å²) >= 11 is 0. The Labute approximate surface area is 97.6 Å². The Morgan fingerprint density at radius 3 is 2.47 bits per heavy atom. The maximum absolute atomic E-state index is 11.1. The molecule has 0 heterocycles. The minimum absolute atomic E-state index is 0. The van der Waals surface area contributed by atoms with Gasteiger partial charge in [-0.05, 0) is 13.3 Å². The number of aliphatic hydroxyl groups is 1. The number of carbonyl (C=O) groups excluding carboxylic acids is 1. The molecule has 0 aliphatic heterocycles. The smallest absolute Gasteiger partial charge is 0.325 e. The number of esters is 1. The van der Waals surface area contributed by atoms with Crippen molar-refractivity contribution in [3.8, 4) is 0 Å². The molecular weight excluding hydrogens is 218 g/mol. The van der Waals surface area contributed by atoms with E-state index in [9.17, 15) is 9.90 Å². The lowest BCUT2D eigenvalue weighted by Crippen LogP contribution is -2.43. The molecule has 5 heteroatoms. The molecule has 0 amide bonds. The van der Waals surface area contributed by atoms with Crippen LogP contribution in [0.2, 0.25) is 0 Å². The fourth-order valence-corrected chi connectivity index (χ4v) is 1.18. The molecule has 0 spiro atoms. The van der Waals surface area contributed by atoms with E-state index in [1.165, 1.54) is 0 Å². The maximum Gasteiger partial charge on any atom is 0.325 e. The molecule has 2 atom stereocenters. The predicted molar refractivity (Wildman–Crippen MR) is 62.0 cm³/mol. The zero-order valence-corrected chi connectivity index (χ0v) is 10.3. The first kappa shape index (κ1) is 17.1. The van der Waals surface area contributed by atoms with Crippen LogP contribution in [0.4, 0.5) is 0 Å². The van der Waals surface area contributed by atoms with E-state index in [-0.39, 0.29) is 12.4 Å². The van der Waals surface area contributed by atoms with Crippen molar-refractivity contribution in [1.29, 1.82) is 0 Å². The van der Waals surface area contributed by atoms with Gasteiger partial charge < -0.3 is 15.6 Å². The Morgan fingerprint density at radius 1 is 1.40 bits per heavy atom. The molecule has 0 bridgehead atoms. The molecule has 3 N–H and O–H groups in total. The van der Waals surface area contributed by atoms with Gasteiger partial charge in [0.2, 0.25) is 0 Å². The minimum Gasteiger partial charge on any atom is -0.465 e. The Bertz CT molecular complexity index is 167. The van der Waals surface area contributed by atoms with E-state index in [2.05, 4.69) is 6.92 Å². The highest BCUT2D eigenvalue weighted by atomic mass is 35.5. The third kappa shape index (κ3) is 7.59. The SMILES string of the molecule is CCCCC[C@H](O)[C@H](N)C(=O)OCC.Cl. The van der Waals surface area contributed by atoms with E-state index >= 15 is 0 Å². The molecule has 0 rings (SSSR count). The number of nitrogens with two attached hydrogens (primary N) is 1. The molecule has 15 heavy (non-hydrogen) atoms. The van der Waals surface area contributed by atoms with Gasteiger partial charge in [0.15, 0.2) is 0 Å². The third-order valence-electron chi connectivity index (χ3n) is 2.08. The summed E-state index contributed by atoms with van der Waals surface area (Å²) in [5.41, 5.74) is 5.50. The van der Waals surface area contributed by atoms with Crippen LogP contribution in [0.5, 0.6) is 0 Å². The van der Waals surface area contributed by atoms with Crippen LogP contribution in [0, 0.1) is 0 Å². The van der Waals surface area contributed by atoms with Crippen LogP contribution >= 0.6 is 12.4 Å². The topological polar surface area (TPSA) is 72.5 Å². The highest BCUT2D eigenvalue weighted by molar-refractivity contribution is 5.85. The number of carbonyl (C=O) groups is 1. The first-order valence-corrected chi connectivity index (χ1v) is 5.23. The summed E-state index contributed by atoms with van der Waals surface area (Å²) in [4.78, 5) is 11.1. The zero-order chi connectivity index (χ0) is 11.0. The van der Waals surface area contributed by atoms with Crippen molar-refractivity contribution in [3.63, 3.8) is 0 Å². The third-order valence-corrected chi connectivity index (χ3v) is 2.08. The molecule has 0 aliphatic carbocycles. The molecule has 0 aromatic heterocycles. The summed E-state index contributed by atoms with van der Waals surface area (Å²) < 4.78 is 4.71. The highest BCUT2D eigenvalue weighted by Gasteiger charge is 2.22.